The third kappa shape index (κ3) is 5.01. The maximum absolute atomic E-state index is 12.9. The third-order valence-corrected chi connectivity index (χ3v) is 7.64. The second-order valence-corrected chi connectivity index (χ2v) is 10.00. The van der Waals surface area contributed by atoms with Gasteiger partial charge in [-0.3, -0.25) is 10.1 Å². The Bertz CT molecular complexity index is 1460. The van der Waals surface area contributed by atoms with Crippen LogP contribution in [0.2, 0.25) is 0 Å². The average Bonchev–Trinajstić information content (AvgIpc) is 2.94. The topological polar surface area (TPSA) is 114 Å². The van der Waals surface area contributed by atoms with Crippen LogP contribution in [-0.2, 0) is 14.8 Å². The zero-order valence-corrected chi connectivity index (χ0v) is 20.1. The van der Waals surface area contributed by atoms with Crippen molar-refractivity contribution in [3.05, 3.63) is 90.5 Å². The summed E-state index contributed by atoms with van der Waals surface area (Å²) >= 11 is 0. The fourth-order valence-corrected chi connectivity index (χ4v) is 5.26. The highest BCUT2D eigenvalue weighted by molar-refractivity contribution is 7.89. The lowest BCUT2D eigenvalue weighted by atomic mass is 10.0. The van der Waals surface area contributed by atoms with Crippen LogP contribution in [0.5, 0.6) is 0 Å². The molecule has 9 nitrogen and oxygen atoms in total. The molecule has 0 saturated carbocycles. The van der Waals surface area contributed by atoms with Crippen LogP contribution in [0.3, 0.4) is 0 Å². The lowest BCUT2D eigenvalue weighted by Crippen LogP contribution is -2.40. The Morgan fingerprint density at radius 3 is 1.97 bits per heavy atom. The van der Waals surface area contributed by atoms with Crippen molar-refractivity contribution < 1.29 is 17.9 Å². The number of carbonyl (C=O) groups excluding carboxylic acids is 1. The molecular formula is C26H23N5O4S. The molecule has 1 aliphatic heterocycles. The number of nitrogens with one attached hydrogen (secondary N) is 1. The number of sulfonamides is 1. The first-order valence-electron chi connectivity index (χ1n) is 11.4. The van der Waals surface area contributed by atoms with Gasteiger partial charge in [-0.05, 0) is 24.3 Å². The van der Waals surface area contributed by atoms with Gasteiger partial charge in [0.1, 0.15) is 11.4 Å². The molecule has 182 valence electrons. The van der Waals surface area contributed by atoms with E-state index in [1.165, 1.54) is 28.6 Å². The van der Waals surface area contributed by atoms with E-state index in [2.05, 4.69) is 20.5 Å². The highest BCUT2D eigenvalue weighted by Gasteiger charge is 2.26. The average molecular weight is 502 g/mol. The number of morpholine rings is 1. The number of hydrogen-bond donors (Lipinski definition) is 1. The Balaban J connectivity index is 1.39. The van der Waals surface area contributed by atoms with E-state index in [-0.39, 0.29) is 16.4 Å². The SMILES string of the molecule is O=C(Nc1nnc(-c2ccccc2)c(-c2ccccc2)n1)c1ccc(S(=O)(=O)N2CCOCC2)cc1. The summed E-state index contributed by atoms with van der Waals surface area (Å²) in [5, 5.41) is 11.1. The van der Waals surface area contributed by atoms with E-state index in [9.17, 15) is 13.2 Å². The van der Waals surface area contributed by atoms with Crippen LogP contribution in [0.4, 0.5) is 5.95 Å². The number of anilines is 1. The van der Waals surface area contributed by atoms with E-state index in [0.29, 0.717) is 37.7 Å². The first-order chi connectivity index (χ1) is 17.5. The zero-order chi connectivity index (χ0) is 25.0. The number of nitrogens with zero attached hydrogens (tertiary/aromatic N) is 4. The number of hydrogen-bond acceptors (Lipinski definition) is 7. The lowest BCUT2D eigenvalue weighted by Gasteiger charge is -2.26. The lowest BCUT2D eigenvalue weighted by molar-refractivity contribution is 0.0730. The number of rotatable bonds is 6. The van der Waals surface area contributed by atoms with E-state index in [0.717, 1.165) is 11.1 Å². The van der Waals surface area contributed by atoms with Crippen molar-refractivity contribution >= 4 is 21.9 Å². The molecule has 3 aromatic carbocycles. The molecule has 1 saturated heterocycles. The van der Waals surface area contributed by atoms with Gasteiger partial charge in [-0.25, -0.2) is 13.4 Å². The minimum atomic E-state index is -3.64. The van der Waals surface area contributed by atoms with Gasteiger partial charge in [-0.15, -0.1) is 10.2 Å². The molecular weight excluding hydrogens is 478 g/mol. The summed E-state index contributed by atoms with van der Waals surface area (Å²) in [6.45, 7) is 1.33. The summed E-state index contributed by atoms with van der Waals surface area (Å²) in [4.78, 5) is 17.6. The Kier molecular flexibility index (Phi) is 6.81. The number of aromatic nitrogens is 3. The highest BCUT2D eigenvalue weighted by atomic mass is 32.2. The van der Waals surface area contributed by atoms with E-state index < -0.39 is 15.9 Å². The van der Waals surface area contributed by atoms with Crippen LogP contribution in [-0.4, -0.2) is 60.1 Å². The fourth-order valence-electron chi connectivity index (χ4n) is 3.85. The summed E-state index contributed by atoms with van der Waals surface area (Å²) in [5.74, 6) is -0.429. The van der Waals surface area contributed by atoms with Crippen LogP contribution in [0, 0.1) is 0 Å². The second-order valence-electron chi connectivity index (χ2n) is 8.06. The molecule has 1 aliphatic rings. The van der Waals surface area contributed by atoms with Crippen molar-refractivity contribution in [2.75, 3.05) is 31.6 Å². The number of benzene rings is 3. The predicted molar refractivity (Wildman–Crippen MR) is 135 cm³/mol. The molecule has 36 heavy (non-hydrogen) atoms. The Morgan fingerprint density at radius 1 is 0.778 bits per heavy atom. The number of ether oxygens (including phenoxy) is 1. The fraction of sp³-hybridized carbons (Fsp3) is 0.154. The summed E-state index contributed by atoms with van der Waals surface area (Å²) in [6, 6.07) is 24.9. The van der Waals surface area contributed by atoms with Crippen molar-refractivity contribution in [2.24, 2.45) is 0 Å². The molecule has 0 aliphatic carbocycles. The molecule has 1 fully saturated rings. The van der Waals surface area contributed by atoms with Crippen LogP contribution in [0.15, 0.2) is 89.8 Å². The van der Waals surface area contributed by atoms with Gasteiger partial charge in [-0.2, -0.15) is 4.31 Å². The van der Waals surface area contributed by atoms with Gasteiger partial charge < -0.3 is 4.74 Å². The Morgan fingerprint density at radius 2 is 1.36 bits per heavy atom. The van der Waals surface area contributed by atoms with Crippen molar-refractivity contribution in [1.82, 2.24) is 19.5 Å². The van der Waals surface area contributed by atoms with Crippen molar-refractivity contribution in [3.63, 3.8) is 0 Å². The summed E-state index contributed by atoms with van der Waals surface area (Å²) < 4.78 is 32.3. The number of carbonyl (C=O) groups is 1. The van der Waals surface area contributed by atoms with Gasteiger partial charge in [-0.1, -0.05) is 60.7 Å². The van der Waals surface area contributed by atoms with Crippen molar-refractivity contribution in [1.29, 1.82) is 0 Å². The van der Waals surface area contributed by atoms with E-state index in [4.69, 9.17) is 4.74 Å². The van der Waals surface area contributed by atoms with Crippen LogP contribution in [0.25, 0.3) is 22.5 Å². The molecule has 1 amide bonds. The van der Waals surface area contributed by atoms with Gasteiger partial charge in [0, 0.05) is 29.8 Å². The van der Waals surface area contributed by atoms with Crippen LogP contribution in [0.1, 0.15) is 10.4 Å². The first-order valence-corrected chi connectivity index (χ1v) is 12.8. The van der Waals surface area contributed by atoms with E-state index in [1.807, 2.05) is 60.7 Å². The first kappa shape index (κ1) is 23.7. The second kappa shape index (κ2) is 10.3. The molecule has 0 spiro atoms. The summed E-state index contributed by atoms with van der Waals surface area (Å²) in [7, 11) is -3.64. The molecule has 0 radical (unpaired) electrons. The maximum atomic E-state index is 12.9. The standard InChI is InChI=1S/C26H23N5O4S/c32-25(21-11-13-22(14-12-21)36(33,34)31-15-17-35-18-16-31)28-26-27-23(19-7-3-1-4-8-19)24(29-30-26)20-9-5-2-6-10-20/h1-14H,15-18H2,(H,27,28,30,32). The molecule has 1 N–H and O–H groups in total. The van der Waals surface area contributed by atoms with Crippen LogP contribution >= 0.6 is 0 Å². The quantitative estimate of drug-likeness (QED) is 0.430. The largest absolute Gasteiger partial charge is 0.379 e. The van der Waals surface area contributed by atoms with Crippen LogP contribution < -0.4 is 5.32 Å². The minimum Gasteiger partial charge on any atom is -0.379 e. The van der Waals surface area contributed by atoms with Gasteiger partial charge in [0.2, 0.25) is 16.0 Å². The Hall–Kier alpha value is -3.99. The Labute approximate surface area is 208 Å². The molecule has 1 aromatic heterocycles. The van der Waals surface area contributed by atoms with Crippen molar-refractivity contribution in [3.8, 4) is 22.5 Å². The molecule has 2 heterocycles. The highest BCUT2D eigenvalue weighted by Crippen LogP contribution is 2.29. The number of amides is 1. The third-order valence-electron chi connectivity index (χ3n) is 5.73. The molecule has 0 atom stereocenters. The van der Waals surface area contributed by atoms with E-state index >= 15 is 0 Å². The molecule has 4 aromatic rings. The molecule has 10 heteroatoms. The van der Waals surface area contributed by atoms with Gasteiger partial charge in [0.15, 0.2) is 0 Å². The zero-order valence-electron chi connectivity index (χ0n) is 19.2. The molecule has 0 unspecified atom stereocenters. The minimum absolute atomic E-state index is 0.0450. The van der Waals surface area contributed by atoms with Gasteiger partial charge in [0.25, 0.3) is 5.91 Å². The van der Waals surface area contributed by atoms with Gasteiger partial charge >= 0.3 is 0 Å². The smallest absolute Gasteiger partial charge is 0.258 e. The summed E-state index contributed by atoms with van der Waals surface area (Å²) in [5.41, 5.74) is 3.13. The van der Waals surface area contributed by atoms with E-state index in [1.54, 1.807) is 0 Å². The molecule has 0 bridgehead atoms. The summed E-state index contributed by atoms with van der Waals surface area (Å²) in [6.07, 6.45) is 0. The maximum Gasteiger partial charge on any atom is 0.258 e. The van der Waals surface area contributed by atoms with Crippen molar-refractivity contribution in [2.45, 2.75) is 4.90 Å². The molecule has 5 rings (SSSR count). The van der Waals surface area contributed by atoms with Gasteiger partial charge in [0.05, 0.1) is 18.1 Å². The predicted octanol–water partition coefficient (Wildman–Crippen LogP) is 3.48. The normalized spacial score (nSPS) is 14.3. The monoisotopic (exact) mass is 501 g/mol.